The van der Waals surface area contributed by atoms with Crippen LogP contribution in [0.1, 0.15) is 0 Å². The van der Waals surface area contributed by atoms with Gasteiger partial charge in [-0.05, 0) is 0 Å². The molecule has 11 heavy (non-hydrogen) atoms. The third-order valence-corrected chi connectivity index (χ3v) is 3.23. The van der Waals surface area contributed by atoms with E-state index in [9.17, 15) is 25.6 Å². The van der Waals surface area contributed by atoms with Crippen molar-refractivity contribution in [1.29, 1.82) is 0 Å². The topological polar surface area (TPSA) is 86.7 Å². The van der Waals surface area contributed by atoms with E-state index in [0.717, 1.165) is 0 Å². The Kier molecular flexibility index (Phi) is 1.50. The Morgan fingerprint density at radius 3 is 1.64 bits per heavy atom. The summed E-state index contributed by atoms with van der Waals surface area (Å²) in [4.78, 5) is 0. The third-order valence-electron chi connectivity index (χ3n) is 0.663. The molecule has 0 amide bonds. The quantitative estimate of drug-likeness (QED) is 0.518. The van der Waals surface area contributed by atoms with Crippen molar-refractivity contribution in [3.63, 3.8) is 0 Å². The van der Waals surface area contributed by atoms with E-state index in [-0.39, 0.29) is 0 Å². The molecule has 0 atom stereocenters. The summed E-state index contributed by atoms with van der Waals surface area (Å²) in [5, 5.41) is 0. The summed E-state index contributed by atoms with van der Waals surface area (Å²) in [5.41, 5.74) is -4.81. The van der Waals surface area contributed by atoms with Crippen LogP contribution in [0.3, 0.4) is 0 Å². The maximum atomic E-state index is 11.9. The van der Waals surface area contributed by atoms with Crippen LogP contribution in [0.15, 0.2) is 0 Å². The minimum Gasteiger partial charge on any atom is -0.189 e. The standard InChI is InChI=1S/CF2O6S2/c2-1(3)8-11(6,7)9-10(1,4)5. The lowest BCUT2D eigenvalue weighted by Crippen LogP contribution is -2.23. The Labute approximate surface area is 60.2 Å². The van der Waals surface area contributed by atoms with E-state index in [2.05, 4.69) is 7.81 Å². The Hall–Kier alpha value is -0.320. The Bertz CT molecular complexity index is 361. The van der Waals surface area contributed by atoms with Crippen LogP contribution in [0, 0.1) is 0 Å². The van der Waals surface area contributed by atoms with E-state index in [1.54, 1.807) is 0 Å². The van der Waals surface area contributed by atoms with Crippen LogP contribution >= 0.6 is 0 Å². The highest BCUT2D eigenvalue weighted by Crippen LogP contribution is 2.35. The van der Waals surface area contributed by atoms with Gasteiger partial charge >= 0.3 is 26.0 Å². The van der Waals surface area contributed by atoms with Crippen LogP contribution in [0.5, 0.6) is 0 Å². The highest BCUT2D eigenvalue weighted by Gasteiger charge is 2.62. The molecule has 66 valence electrons. The lowest BCUT2D eigenvalue weighted by Gasteiger charge is -1.97. The average Bonchev–Trinajstić information content (AvgIpc) is 1.66. The van der Waals surface area contributed by atoms with Crippen molar-refractivity contribution in [3.05, 3.63) is 0 Å². The predicted octanol–water partition coefficient (Wildman–Crippen LogP) is -0.842. The van der Waals surface area contributed by atoms with E-state index >= 15 is 0 Å². The molecule has 0 aromatic carbocycles. The fraction of sp³-hybridized carbons (Fsp3) is 1.00. The van der Waals surface area contributed by atoms with Gasteiger partial charge in [-0.25, -0.2) is 0 Å². The molecule has 1 fully saturated rings. The summed E-state index contributed by atoms with van der Waals surface area (Å²) >= 11 is 0. The van der Waals surface area contributed by atoms with Gasteiger partial charge in [0.05, 0.1) is 0 Å². The minimum atomic E-state index is -5.48. The van der Waals surface area contributed by atoms with Gasteiger partial charge in [0, 0.05) is 0 Å². The van der Waals surface area contributed by atoms with Crippen LogP contribution < -0.4 is 0 Å². The molecule has 6 nitrogen and oxygen atoms in total. The average molecular weight is 210 g/mol. The maximum Gasteiger partial charge on any atom is 0.505 e. The van der Waals surface area contributed by atoms with Crippen molar-refractivity contribution in [2.45, 2.75) is 5.44 Å². The van der Waals surface area contributed by atoms with Gasteiger partial charge in [-0.2, -0.15) is 29.8 Å². The normalized spacial score (nSPS) is 31.8. The zero-order chi connectivity index (χ0) is 8.91. The van der Waals surface area contributed by atoms with Crippen molar-refractivity contribution in [1.82, 2.24) is 0 Å². The fourth-order valence-electron chi connectivity index (χ4n) is 0.324. The first-order valence-electron chi connectivity index (χ1n) is 1.95. The van der Waals surface area contributed by atoms with Gasteiger partial charge in [-0.15, -0.1) is 3.63 Å². The second-order valence-corrected chi connectivity index (χ2v) is 4.39. The van der Waals surface area contributed by atoms with Crippen LogP contribution in [-0.2, 0) is 28.3 Å². The van der Waals surface area contributed by atoms with Crippen LogP contribution in [0.25, 0.3) is 0 Å². The molecule has 10 heteroatoms. The summed E-state index contributed by atoms with van der Waals surface area (Å²) in [6.07, 6.45) is 0. The van der Waals surface area contributed by atoms with Crippen molar-refractivity contribution >= 4 is 20.5 Å². The van der Waals surface area contributed by atoms with E-state index in [1.807, 2.05) is 0 Å². The zero-order valence-electron chi connectivity index (χ0n) is 4.52. The smallest absolute Gasteiger partial charge is 0.189 e. The second-order valence-electron chi connectivity index (χ2n) is 1.48. The lowest BCUT2D eigenvalue weighted by atomic mass is 11.5. The highest BCUT2D eigenvalue weighted by molar-refractivity contribution is 8.00. The fourth-order valence-corrected chi connectivity index (χ4v) is 2.45. The Morgan fingerprint density at radius 2 is 1.55 bits per heavy atom. The van der Waals surface area contributed by atoms with Gasteiger partial charge in [0.1, 0.15) is 0 Å². The summed E-state index contributed by atoms with van der Waals surface area (Å²) in [7, 11) is -10.6. The summed E-state index contributed by atoms with van der Waals surface area (Å²) < 4.78 is 69.5. The molecule has 1 aliphatic heterocycles. The molecule has 0 aromatic rings. The van der Waals surface area contributed by atoms with E-state index < -0.39 is 26.0 Å². The number of alkyl halides is 2. The molecule has 0 saturated carbocycles. The van der Waals surface area contributed by atoms with Gasteiger partial charge in [0.15, 0.2) is 0 Å². The molecule has 0 N–H and O–H groups in total. The van der Waals surface area contributed by atoms with E-state index in [4.69, 9.17) is 0 Å². The first kappa shape index (κ1) is 8.77. The molecule has 0 unspecified atom stereocenters. The molecule has 1 rings (SSSR count). The van der Waals surface area contributed by atoms with Gasteiger partial charge in [0.25, 0.3) is 0 Å². The minimum absolute atomic E-state index is 2.78. The molecule has 1 heterocycles. The molecule has 0 aliphatic carbocycles. The summed E-state index contributed by atoms with van der Waals surface area (Å²) in [6.45, 7) is 0. The van der Waals surface area contributed by atoms with Crippen LogP contribution in [0.2, 0.25) is 0 Å². The maximum absolute atomic E-state index is 11.9. The molecule has 0 radical (unpaired) electrons. The van der Waals surface area contributed by atoms with Crippen LogP contribution in [0.4, 0.5) is 8.78 Å². The lowest BCUT2D eigenvalue weighted by molar-refractivity contribution is -0.0859. The van der Waals surface area contributed by atoms with Crippen molar-refractivity contribution in [2.24, 2.45) is 0 Å². The summed E-state index contributed by atoms with van der Waals surface area (Å²) in [6, 6.07) is 0. The molecule has 1 saturated heterocycles. The second kappa shape index (κ2) is 1.88. The largest absolute Gasteiger partial charge is 0.505 e. The van der Waals surface area contributed by atoms with Gasteiger partial charge in [-0.1, -0.05) is 0 Å². The first-order chi connectivity index (χ1) is 4.66. The third kappa shape index (κ3) is 1.34. The number of hydrogen-bond acceptors (Lipinski definition) is 6. The van der Waals surface area contributed by atoms with E-state index in [1.165, 1.54) is 0 Å². The predicted molar refractivity (Wildman–Crippen MR) is 25.0 cm³/mol. The number of rotatable bonds is 0. The molecule has 0 spiro atoms. The van der Waals surface area contributed by atoms with Crippen LogP contribution in [-0.4, -0.2) is 22.3 Å². The molecule has 0 aromatic heterocycles. The molecule has 0 bridgehead atoms. The van der Waals surface area contributed by atoms with Gasteiger partial charge < -0.3 is 0 Å². The van der Waals surface area contributed by atoms with Gasteiger partial charge in [0.2, 0.25) is 0 Å². The summed E-state index contributed by atoms with van der Waals surface area (Å²) in [5.74, 6) is 0. The van der Waals surface area contributed by atoms with E-state index in [0.29, 0.717) is 0 Å². The van der Waals surface area contributed by atoms with Crippen molar-refractivity contribution in [3.8, 4) is 0 Å². The highest BCUT2D eigenvalue weighted by atomic mass is 32.3. The molecular weight excluding hydrogens is 210 g/mol. The monoisotopic (exact) mass is 210 g/mol. The molecular formula is CF2O6S2. The van der Waals surface area contributed by atoms with Crippen molar-refractivity contribution < 1.29 is 33.4 Å². The van der Waals surface area contributed by atoms with Crippen molar-refractivity contribution in [2.75, 3.05) is 0 Å². The van der Waals surface area contributed by atoms with Gasteiger partial charge in [-0.3, -0.25) is 0 Å². The Morgan fingerprint density at radius 1 is 1.09 bits per heavy atom. The Balaban J connectivity index is 3.31. The number of hydrogen-bond donors (Lipinski definition) is 0. The molecule has 1 aliphatic rings. The SMILES string of the molecule is O=S1(=O)OC(F)(F)S(=O)(=O)O1. The first-order valence-corrected chi connectivity index (χ1v) is 4.69. The zero-order valence-corrected chi connectivity index (χ0v) is 6.15. The number of halogens is 2.